The van der Waals surface area contributed by atoms with Gasteiger partial charge in [0.05, 0.1) is 13.2 Å². The van der Waals surface area contributed by atoms with Crippen molar-refractivity contribution in [2.75, 3.05) is 26.3 Å². The zero-order valence-corrected chi connectivity index (χ0v) is 10.5. The first-order chi connectivity index (χ1) is 7.62. The van der Waals surface area contributed by atoms with Gasteiger partial charge in [0.15, 0.2) is 0 Å². The Labute approximate surface area is 96.7 Å². The molecular weight excluding hydrogens is 212 g/mol. The average molecular weight is 234 g/mol. The fraction of sp³-hybridized carbons (Fsp3) is 0.800. The molecule has 0 bridgehead atoms. The molecule has 0 spiro atoms. The summed E-state index contributed by atoms with van der Waals surface area (Å²) < 4.78 is 9.06. The summed E-state index contributed by atoms with van der Waals surface area (Å²) in [6.07, 6.45) is -0.676. The van der Waals surface area contributed by atoms with Crippen molar-refractivity contribution in [3.05, 3.63) is 0 Å². The van der Waals surface area contributed by atoms with Crippen molar-refractivity contribution >= 4 is 12.2 Å². The largest absolute Gasteiger partial charge is 0.450 e. The lowest BCUT2D eigenvalue weighted by molar-refractivity contribution is 0.152. The van der Waals surface area contributed by atoms with E-state index in [1.54, 1.807) is 13.8 Å². The third-order valence-corrected chi connectivity index (χ3v) is 1.19. The normalized spacial score (nSPS) is 8.25. The average Bonchev–Trinajstić information content (AvgIpc) is 2.20. The highest BCUT2D eigenvalue weighted by Crippen LogP contribution is 1.73. The maximum absolute atomic E-state index is 10.3. The van der Waals surface area contributed by atoms with E-state index in [4.69, 9.17) is 0 Å². The van der Waals surface area contributed by atoms with Crippen molar-refractivity contribution in [1.82, 2.24) is 10.6 Å². The molecule has 6 heteroatoms. The third-order valence-electron chi connectivity index (χ3n) is 1.19. The van der Waals surface area contributed by atoms with Crippen LogP contribution < -0.4 is 10.6 Å². The van der Waals surface area contributed by atoms with Gasteiger partial charge in [0.2, 0.25) is 0 Å². The van der Waals surface area contributed by atoms with Gasteiger partial charge in [-0.05, 0) is 27.7 Å². The number of amides is 2. The molecule has 16 heavy (non-hydrogen) atoms. The molecule has 0 fully saturated rings. The summed E-state index contributed by atoms with van der Waals surface area (Å²) in [5.41, 5.74) is 0. The second kappa shape index (κ2) is 13.5. The molecule has 0 saturated carbocycles. The van der Waals surface area contributed by atoms with Crippen molar-refractivity contribution in [3.8, 4) is 0 Å². The molecule has 0 heterocycles. The van der Waals surface area contributed by atoms with Gasteiger partial charge in [-0.3, -0.25) is 0 Å². The topological polar surface area (TPSA) is 76.7 Å². The van der Waals surface area contributed by atoms with Gasteiger partial charge in [0, 0.05) is 13.1 Å². The lowest BCUT2D eigenvalue weighted by Crippen LogP contribution is -2.23. The van der Waals surface area contributed by atoms with Crippen molar-refractivity contribution < 1.29 is 19.1 Å². The van der Waals surface area contributed by atoms with Crippen LogP contribution in [0.1, 0.15) is 27.7 Å². The molecule has 0 unspecified atom stereocenters. The highest BCUT2D eigenvalue weighted by Gasteiger charge is 1.93. The van der Waals surface area contributed by atoms with Gasteiger partial charge in [-0.1, -0.05) is 0 Å². The molecule has 0 aliphatic rings. The number of nitrogens with one attached hydrogen (secondary N) is 2. The quantitative estimate of drug-likeness (QED) is 0.773. The SMILES string of the molecule is CCNC(=O)OCC.CCNC(=O)OCC. The molecule has 0 radical (unpaired) electrons. The first kappa shape index (κ1) is 17.0. The van der Waals surface area contributed by atoms with Gasteiger partial charge >= 0.3 is 12.2 Å². The molecule has 2 amide bonds. The van der Waals surface area contributed by atoms with Crippen molar-refractivity contribution in [2.24, 2.45) is 0 Å². The third kappa shape index (κ3) is 15.0. The van der Waals surface area contributed by atoms with E-state index in [-0.39, 0.29) is 12.2 Å². The van der Waals surface area contributed by atoms with Gasteiger partial charge in [0.25, 0.3) is 0 Å². The predicted octanol–water partition coefficient (Wildman–Crippen LogP) is 1.50. The van der Waals surface area contributed by atoms with E-state index in [1.165, 1.54) is 0 Å². The molecule has 0 rings (SSSR count). The van der Waals surface area contributed by atoms with Gasteiger partial charge < -0.3 is 20.1 Å². The van der Waals surface area contributed by atoms with Gasteiger partial charge in [0.1, 0.15) is 0 Å². The van der Waals surface area contributed by atoms with Crippen molar-refractivity contribution in [1.29, 1.82) is 0 Å². The number of carbonyl (C=O) groups excluding carboxylic acids is 2. The van der Waals surface area contributed by atoms with E-state index in [2.05, 4.69) is 20.1 Å². The lowest BCUT2D eigenvalue weighted by atomic mass is 10.7. The van der Waals surface area contributed by atoms with Crippen LogP contribution in [0.2, 0.25) is 0 Å². The highest BCUT2D eigenvalue weighted by atomic mass is 16.5. The molecule has 0 aromatic heterocycles. The molecule has 0 saturated heterocycles. The molecule has 0 aliphatic heterocycles. The first-order valence-corrected chi connectivity index (χ1v) is 5.43. The molecular formula is C10H22N2O4. The van der Waals surface area contributed by atoms with Crippen molar-refractivity contribution in [2.45, 2.75) is 27.7 Å². The predicted molar refractivity (Wildman–Crippen MR) is 61.4 cm³/mol. The number of alkyl carbamates (subject to hydrolysis) is 2. The smallest absolute Gasteiger partial charge is 0.407 e. The van der Waals surface area contributed by atoms with Crippen LogP contribution in [0.4, 0.5) is 9.59 Å². The summed E-state index contributed by atoms with van der Waals surface area (Å²) in [7, 11) is 0. The minimum absolute atomic E-state index is 0.338. The fourth-order valence-electron chi connectivity index (χ4n) is 0.653. The Bertz CT molecular complexity index is 150. The van der Waals surface area contributed by atoms with E-state index in [0.717, 1.165) is 0 Å². The Morgan fingerprint density at radius 1 is 0.812 bits per heavy atom. The van der Waals surface area contributed by atoms with Gasteiger partial charge in [-0.2, -0.15) is 0 Å². The van der Waals surface area contributed by atoms with Crippen LogP contribution in [-0.2, 0) is 9.47 Å². The van der Waals surface area contributed by atoms with Crippen LogP contribution >= 0.6 is 0 Å². The van der Waals surface area contributed by atoms with Crippen LogP contribution in [0.25, 0.3) is 0 Å². The van der Waals surface area contributed by atoms with Gasteiger partial charge in [-0.15, -0.1) is 0 Å². The maximum atomic E-state index is 10.3. The molecule has 0 atom stereocenters. The summed E-state index contributed by atoms with van der Waals surface area (Å²) in [4.78, 5) is 20.6. The molecule has 0 aromatic carbocycles. The van der Waals surface area contributed by atoms with E-state index in [0.29, 0.717) is 26.3 Å². The Morgan fingerprint density at radius 2 is 1.12 bits per heavy atom. The molecule has 6 nitrogen and oxygen atoms in total. The maximum Gasteiger partial charge on any atom is 0.407 e. The highest BCUT2D eigenvalue weighted by molar-refractivity contribution is 5.67. The Balaban J connectivity index is 0. The zero-order valence-electron chi connectivity index (χ0n) is 10.5. The Kier molecular flexibility index (Phi) is 14.3. The van der Waals surface area contributed by atoms with Crippen molar-refractivity contribution in [3.63, 3.8) is 0 Å². The summed E-state index contributed by atoms with van der Waals surface area (Å²) in [6.45, 7) is 9.35. The standard InChI is InChI=1S/2C5H11NO2/c2*1-3-6-5(7)8-4-2/h2*3-4H2,1-2H3,(H,6,7). The van der Waals surface area contributed by atoms with Crippen LogP contribution in [0.15, 0.2) is 0 Å². The molecule has 2 N–H and O–H groups in total. The van der Waals surface area contributed by atoms with Crippen LogP contribution in [0.5, 0.6) is 0 Å². The summed E-state index contributed by atoms with van der Waals surface area (Å²) in [5, 5.41) is 4.97. The monoisotopic (exact) mass is 234 g/mol. The summed E-state index contributed by atoms with van der Waals surface area (Å²) >= 11 is 0. The van der Waals surface area contributed by atoms with Crippen LogP contribution in [0, 0.1) is 0 Å². The Hall–Kier alpha value is -1.46. The van der Waals surface area contributed by atoms with Gasteiger partial charge in [-0.25, -0.2) is 9.59 Å². The minimum Gasteiger partial charge on any atom is -0.450 e. The Morgan fingerprint density at radius 3 is 1.31 bits per heavy atom. The number of rotatable bonds is 4. The molecule has 0 aromatic rings. The van der Waals surface area contributed by atoms with Crippen LogP contribution in [0.3, 0.4) is 0 Å². The molecule has 96 valence electrons. The summed E-state index contributed by atoms with van der Waals surface area (Å²) in [5.74, 6) is 0. The van der Waals surface area contributed by atoms with E-state index >= 15 is 0 Å². The number of ether oxygens (including phenoxy) is 2. The van der Waals surface area contributed by atoms with E-state index in [1.807, 2.05) is 13.8 Å². The lowest BCUT2D eigenvalue weighted by Gasteiger charge is -1.99. The number of hydrogen-bond acceptors (Lipinski definition) is 4. The summed E-state index contributed by atoms with van der Waals surface area (Å²) in [6, 6.07) is 0. The number of carbonyl (C=O) groups is 2. The number of hydrogen-bond donors (Lipinski definition) is 2. The van der Waals surface area contributed by atoms with E-state index < -0.39 is 0 Å². The zero-order chi connectivity index (χ0) is 12.8. The minimum atomic E-state index is -0.338. The van der Waals surface area contributed by atoms with Crippen LogP contribution in [-0.4, -0.2) is 38.5 Å². The fourth-order valence-corrected chi connectivity index (χ4v) is 0.653. The molecule has 0 aliphatic carbocycles. The first-order valence-electron chi connectivity index (χ1n) is 5.43. The van der Waals surface area contributed by atoms with E-state index in [9.17, 15) is 9.59 Å². The second-order valence-corrected chi connectivity index (χ2v) is 2.50. The second-order valence-electron chi connectivity index (χ2n) is 2.50.